The molecule has 0 fully saturated rings. The number of carbonyl (C=O) groups is 1. The van der Waals surface area contributed by atoms with Crippen LogP contribution in [-0.2, 0) is 0 Å². The van der Waals surface area contributed by atoms with E-state index in [4.69, 9.17) is 0 Å². The summed E-state index contributed by atoms with van der Waals surface area (Å²) in [5, 5.41) is 0. The van der Waals surface area contributed by atoms with Crippen LogP contribution in [0.5, 0.6) is 0 Å². The second kappa shape index (κ2) is 5.21. The molecular formula is C14H14F2O. The van der Waals surface area contributed by atoms with Gasteiger partial charge in [-0.25, -0.2) is 8.78 Å². The summed E-state index contributed by atoms with van der Waals surface area (Å²) in [6.07, 6.45) is 6.34. The van der Waals surface area contributed by atoms with E-state index in [1.807, 2.05) is 6.08 Å². The minimum absolute atomic E-state index is 0.142. The standard InChI is InChI=1S/C14H14F2O/c15-11-6-7-13(16)12(9-11)14(17)8-10-4-2-1-3-5-10/h4,6-7,9H,1-3,5,8H2. The second-order valence-electron chi connectivity index (χ2n) is 4.33. The molecule has 0 radical (unpaired) electrons. The van der Waals surface area contributed by atoms with Gasteiger partial charge in [-0.05, 0) is 43.9 Å². The summed E-state index contributed by atoms with van der Waals surface area (Å²) >= 11 is 0. The van der Waals surface area contributed by atoms with Gasteiger partial charge in [0.25, 0.3) is 0 Å². The summed E-state index contributed by atoms with van der Waals surface area (Å²) in [6, 6.07) is 2.99. The van der Waals surface area contributed by atoms with E-state index in [9.17, 15) is 13.6 Å². The van der Waals surface area contributed by atoms with E-state index in [0.717, 1.165) is 49.5 Å². The van der Waals surface area contributed by atoms with Crippen LogP contribution >= 0.6 is 0 Å². The molecule has 1 aliphatic carbocycles. The zero-order valence-electron chi connectivity index (χ0n) is 9.51. The topological polar surface area (TPSA) is 17.1 Å². The van der Waals surface area contributed by atoms with Crippen molar-refractivity contribution < 1.29 is 13.6 Å². The van der Waals surface area contributed by atoms with Crippen LogP contribution in [0.15, 0.2) is 29.8 Å². The molecule has 0 amide bonds. The summed E-state index contributed by atoms with van der Waals surface area (Å²) in [5.74, 6) is -1.56. The predicted octanol–water partition coefficient (Wildman–Crippen LogP) is 4.04. The number of allylic oxidation sites excluding steroid dienone is 2. The summed E-state index contributed by atoms with van der Waals surface area (Å²) in [5.41, 5.74) is 0.904. The van der Waals surface area contributed by atoms with Gasteiger partial charge < -0.3 is 0 Å². The maximum Gasteiger partial charge on any atom is 0.169 e. The normalized spacial score (nSPS) is 15.5. The van der Waals surface area contributed by atoms with Crippen molar-refractivity contribution in [3.63, 3.8) is 0 Å². The third-order valence-electron chi connectivity index (χ3n) is 3.00. The van der Waals surface area contributed by atoms with Crippen molar-refractivity contribution in [1.82, 2.24) is 0 Å². The lowest BCUT2D eigenvalue weighted by atomic mass is 9.93. The minimum atomic E-state index is -0.646. The van der Waals surface area contributed by atoms with Crippen LogP contribution in [0, 0.1) is 11.6 Å². The fourth-order valence-corrected chi connectivity index (χ4v) is 2.08. The summed E-state index contributed by atoms with van der Waals surface area (Å²) < 4.78 is 26.3. The first-order valence-electron chi connectivity index (χ1n) is 5.83. The molecule has 3 heteroatoms. The Hall–Kier alpha value is -1.51. The molecule has 0 saturated carbocycles. The molecule has 0 N–H and O–H groups in total. The number of Topliss-reactive ketones (excluding diaryl/α,β-unsaturated/α-hetero) is 1. The summed E-state index contributed by atoms with van der Waals surface area (Å²) in [4.78, 5) is 11.8. The molecule has 0 aromatic heterocycles. The van der Waals surface area contributed by atoms with Gasteiger partial charge in [0, 0.05) is 6.42 Å². The van der Waals surface area contributed by atoms with Crippen molar-refractivity contribution in [3.8, 4) is 0 Å². The highest BCUT2D eigenvalue weighted by molar-refractivity contribution is 5.97. The van der Waals surface area contributed by atoms with Gasteiger partial charge in [0.15, 0.2) is 5.78 Å². The molecule has 0 aliphatic heterocycles. The van der Waals surface area contributed by atoms with E-state index < -0.39 is 11.6 Å². The zero-order chi connectivity index (χ0) is 12.3. The van der Waals surface area contributed by atoms with Gasteiger partial charge >= 0.3 is 0 Å². The molecular weight excluding hydrogens is 222 g/mol. The molecule has 90 valence electrons. The van der Waals surface area contributed by atoms with E-state index in [1.165, 1.54) is 0 Å². The Labute approximate surface area is 99.1 Å². The van der Waals surface area contributed by atoms with Crippen molar-refractivity contribution in [1.29, 1.82) is 0 Å². The van der Waals surface area contributed by atoms with Crippen molar-refractivity contribution in [2.45, 2.75) is 32.1 Å². The number of carbonyl (C=O) groups excluding carboxylic acids is 1. The molecule has 1 aromatic carbocycles. The summed E-state index contributed by atoms with van der Waals surface area (Å²) in [7, 11) is 0. The highest BCUT2D eigenvalue weighted by Crippen LogP contribution is 2.22. The van der Waals surface area contributed by atoms with Crippen LogP contribution in [0.2, 0.25) is 0 Å². The Morgan fingerprint density at radius 1 is 1.24 bits per heavy atom. The third kappa shape index (κ3) is 2.99. The monoisotopic (exact) mass is 236 g/mol. The van der Waals surface area contributed by atoms with Crippen LogP contribution in [0.1, 0.15) is 42.5 Å². The van der Waals surface area contributed by atoms with Gasteiger partial charge in [0.05, 0.1) is 5.56 Å². The second-order valence-corrected chi connectivity index (χ2v) is 4.33. The molecule has 0 unspecified atom stereocenters. The van der Waals surface area contributed by atoms with Crippen LogP contribution in [0.4, 0.5) is 8.78 Å². The van der Waals surface area contributed by atoms with E-state index >= 15 is 0 Å². The van der Waals surface area contributed by atoms with E-state index in [-0.39, 0.29) is 17.8 Å². The number of halogens is 2. The number of benzene rings is 1. The van der Waals surface area contributed by atoms with Crippen molar-refractivity contribution in [2.24, 2.45) is 0 Å². The molecule has 0 bridgehead atoms. The van der Waals surface area contributed by atoms with Crippen molar-refractivity contribution in [2.75, 3.05) is 0 Å². The predicted molar refractivity (Wildman–Crippen MR) is 61.9 cm³/mol. The Balaban J connectivity index is 2.14. The van der Waals surface area contributed by atoms with Crippen LogP contribution in [0.25, 0.3) is 0 Å². The highest BCUT2D eigenvalue weighted by Gasteiger charge is 2.15. The maximum atomic E-state index is 13.4. The van der Waals surface area contributed by atoms with Crippen molar-refractivity contribution in [3.05, 3.63) is 47.0 Å². The van der Waals surface area contributed by atoms with Crippen LogP contribution in [-0.4, -0.2) is 5.78 Å². The van der Waals surface area contributed by atoms with Gasteiger partial charge in [0.2, 0.25) is 0 Å². The molecule has 1 aromatic rings. The Kier molecular flexibility index (Phi) is 3.67. The highest BCUT2D eigenvalue weighted by atomic mass is 19.1. The van der Waals surface area contributed by atoms with Gasteiger partial charge in [-0.1, -0.05) is 11.6 Å². The van der Waals surface area contributed by atoms with Gasteiger partial charge in [0.1, 0.15) is 11.6 Å². The summed E-state index contributed by atoms with van der Waals surface area (Å²) in [6.45, 7) is 0. The molecule has 1 nitrogen and oxygen atoms in total. The van der Waals surface area contributed by atoms with Crippen molar-refractivity contribution >= 4 is 5.78 Å². The van der Waals surface area contributed by atoms with E-state index in [0.29, 0.717) is 0 Å². The van der Waals surface area contributed by atoms with Gasteiger partial charge in [-0.3, -0.25) is 4.79 Å². The lowest BCUT2D eigenvalue weighted by Gasteiger charge is -2.12. The maximum absolute atomic E-state index is 13.4. The van der Waals surface area contributed by atoms with Gasteiger partial charge in [-0.15, -0.1) is 0 Å². The van der Waals surface area contributed by atoms with E-state index in [1.54, 1.807) is 0 Å². The molecule has 2 rings (SSSR count). The first-order valence-corrected chi connectivity index (χ1v) is 5.83. The molecule has 0 heterocycles. The number of rotatable bonds is 3. The molecule has 0 spiro atoms. The number of hydrogen-bond donors (Lipinski definition) is 0. The Bertz CT molecular complexity index is 463. The number of hydrogen-bond acceptors (Lipinski definition) is 1. The number of ketones is 1. The molecule has 0 atom stereocenters. The van der Waals surface area contributed by atoms with Crippen LogP contribution < -0.4 is 0 Å². The fourth-order valence-electron chi connectivity index (χ4n) is 2.08. The first-order chi connectivity index (χ1) is 8.16. The molecule has 0 saturated heterocycles. The average molecular weight is 236 g/mol. The average Bonchev–Trinajstić information content (AvgIpc) is 2.33. The van der Waals surface area contributed by atoms with Gasteiger partial charge in [-0.2, -0.15) is 0 Å². The minimum Gasteiger partial charge on any atom is -0.294 e. The van der Waals surface area contributed by atoms with E-state index in [2.05, 4.69) is 0 Å². The molecule has 1 aliphatic rings. The Morgan fingerprint density at radius 3 is 2.76 bits per heavy atom. The quantitative estimate of drug-likeness (QED) is 0.572. The largest absolute Gasteiger partial charge is 0.294 e. The SMILES string of the molecule is O=C(CC1=CCCCC1)c1cc(F)ccc1F. The molecule has 17 heavy (non-hydrogen) atoms. The lowest BCUT2D eigenvalue weighted by Crippen LogP contribution is -2.06. The Morgan fingerprint density at radius 2 is 2.06 bits per heavy atom. The fraction of sp³-hybridized carbons (Fsp3) is 0.357. The lowest BCUT2D eigenvalue weighted by molar-refractivity contribution is 0.0987. The zero-order valence-corrected chi connectivity index (χ0v) is 9.51. The third-order valence-corrected chi connectivity index (χ3v) is 3.00. The smallest absolute Gasteiger partial charge is 0.169 e. The van der Waals surface area contributed by atoms with Crippen LogP contribution in [0.3, 0.4) is 0 Å². The first kappa shape index (κ1) is 12.0.